The second kappa shape index (κ2) is 10.4. The lowest BCUT2D eigenvalue weighted by molar-refractivity contribution is -0.139. The van der Waals surface area contributed by atoms with Crippen LogP contribution in [-0.4, -0.2) is 41.8 Å². The van der Waals surface area contributed by atoms with Crippen molar-refractivity contribution in [1.82, 2.24) is 5.32 Å². The Morgan fingerprint density at radius 2 is 1.84 bits per heavy atom. The molecule has 1 aliphatic rings. The molecule has 0 aliphatic carbocycles. The summed E-state index contributed by atoms with van der Waals surface area (Å²) in [6.45, 7) is 1.04. The van der Waals surface area contributed by atoms with Crippen LogP contribution in [0.3, 0.4) is 0 Å². The fourth-order valence-electron chi connectivity index (χ4n) is 3.11. The number of hydrogen-bond acceptors (Lipinski definition) is 6. The van der Waals surface area contributed by atoms with Crippen molar-refractivity contribution in [2.24, 2.45) is 0 Å². The Hall–Kier alpha value is -1.89. The van der Waals surface area contributed by atoms with Crippen LogP contribution in [0.15, 0.2) is 39.7 Å². The summed E-state index contributed by atoms with van der Waals surface area (Å²) in [5.74, 6) is 0.0343. The van der Waals surface area contributed by atoms with Crippen LogP contribution in [0.2, 0.25) is 0 Å². The first-order chi connectivity index (χ1) is 14.6. The zero-order chi connectivity index (χ0) is 22.8. The minimum Gasteiger partial charge on any atom is -0.493 e. The Morgan fingerprint density at radius 1 is 1.12 bits per heavy atom. The summed E-state index contributed by atoms with van der Waals surface area (Å²) in [4.78, 5) is -0.174. The summed E-state index contributed by atoms with van der Waals surface area (Å²) in [6.07, 6.45) is -4.54. The Balaban J connectivity index is 0.00000363. The van der Waals surface area contributed by atoms with Gasteiger partial charge in [0.1, 0.15) is 16.7 Å². The van der Waals surface area contributed by atoms with Gasteiger partial charge in [-0.05, 0) is 53.2 Å². The smallest absolute Gasteiger partial charge is 0.419 e. The third kappa shape index (κ3) is 5.72. The number of ether oxygens (including phenoxy) is 3. The monoisotopic (exact) mass is 560 g/mol. The minimum absolute atomic E-state index is 0. The number of anilines is 1. The van der Waals surface area contributed by atoms with Gasteiger partial charge in [-0.1, -0.05) is 0 Å². The van der Waals surface area contributed by atoms with E-state index >= 15 is 0 Å². The van der Waals surface area contributed by atoms with E-state index in [1.54, 1.807) is 0 Å². The van der Waals surface area contributed by atoms with Gasteiger partial charge < -0.3 is 19.5 Å². The van der Waals surface area contributed by atoms with E-state index in [1.165, 1.54) is 26.4 Å². The maximum atomic E-state index is 13.4. The number of benzene rings is 2. The van der Waals surface area contributed by atoms with Gasteiger partial charge in [-0.25, -0.2) is 8.42 Å². The largest absolute Gasteiger partial charge is 0.493 e. The van der Waals surface area contributed by atoms with Gasteiger partial charge in [0.05, 0.1) is 29.9 Å². The van der Waals surface area contributed by atoms with Crippen LogP contribution in [-0.2, 0) is 16.2 Å². The first-order valence-electron chi connectivity index (χ1n) is 9.08. The molecule has 0 spiro atoms. The van der Waals surface area contributed by atoms with Crippen molar-refractivity contribution in [1.29, 1.82) is 0 Å². The van der Waals surface area contributed by atoms with Crippen molar-refractivity contribution >= 4 is 44.0 Å². The van der Waals surface area contributed by atoms with Crippen molar-refractivity contribution in [3.05, 3.63) is 40.4 Å². The molecule has 1 aliphatic heterocycles. The molecule has 0 radical (unpaired) electrons. The van der Waals surface area contributed by atoms with E-state index in [4.69, 9.17) is 14.2 Å². The number of methoxy groups -OCH3 is 2. The molecule has 0 saturated carbocycles. The zero-order valence-electron chi connectivity index (χ0n) is 17.0. The zero-order valence-corrected chi connectivity index (χ0v) is 20.2. The average Bonchev–Trinajstić information content (AvgIpc) is 3.19. The average molecular weight is 562 g/mol. The molecule has 13 heteroatoms. The Bertz CT molecular complexity index is 1060. The Labute approximate surface area is 198 Å². The van der Waals surface area contributed by atoms with Crippen molar-refractivity contribution < 1.29 is 35.8 Å². The lowest BCUT2D eigenvalue weighted by atomic mass is 10.1. The van der Waals surface area contributed by atoms with Crippen LogP contribution < -0.4 is 24.2 Å². The fourth-order valence-corrected chi connectivity index (χ4v) is 5.37. The molecule has 2 aromatic rings. The Morgan fingerprint density at radius 3 is 2.41 bits per heavy atom. The minimum atomic E-state index is -4.65. The number of halogens is 5. The lowest BCUT2D eigenvalue weighted by Gasteiger charge is -2.19. The maximum absolute atomic E-state index is 13.4. The number of alkyl halides is 3. The SMILES string of the molecule is COc1ccc(S(=O)(=O)Nc2ccc(C(F)(F)F)c(O[C@@H]3CCNC3)c2)c(Br)c1OC.Cl. The maximum Gasteiger partial charge on any atom is 0.419 e. The van der Waals surface area contributed by atoms with Gasteiger partial charge >= 0.3 is 6.18 Å². The summed E-state index contributed by atoms with van der Waals surface area (Å²) >= 11 is 3.19. The first-order valence-corrected chi connectivity index (χ1v) is 11.4. The highest BCUT2D eigenvalue weighted by molar-refractivity contribution is 9.10. The van der Waals surface area contributed by atoms with Crippen LogP contribution >= 0.6 is 28.3 Å². The molecular weight excluding hydrogens is 541 g/mol. The quantitative estimate of drug-likeness (QED) is 0.520. The molecule has 0 aromatic heterocycles. The number of rotatable bonds is 7. The van der Waals surface area contributed by atoms with Gasteiger partial charge in [-0.3, -0.25) is 4.72 Å². The molecule has 0 unspecified atom stereocenters. The number of hydrogen-bond donors (Lipinski definition) is 2. The van der Waals surface area contributed by atoms with Crippen LogP contribution in [0.1, 0.15) is 12.0 Å². The molecular formula is C19H21BrClF3N2O5S. The van der Waals surface area contributed by atoms with E-state index < -0.39 is 33.6 Å². The van der Waals surface area contributed by atoms with Gasteiger partial charge in [-0.15, -0.1) is 12.4 Å². The van der Waals surface area contributed by atoms with E-state index in [2.05, 4.69) is 26.0 Å². The number of nitrogens with one attached hydrogen (secondary N) is 2. The molecule has 0 amide bonds. The lowest BCUT2D eigenvalue weighted by Crippen LogP contribution is -2.22. The number of sulfonamides is 1. The molecule has 2 aromatic carbocycles. The molecule has 178 valence electrons. The molecule has 2 N–H and O–H groups in total. The van der Waals surface area contributed by atoms with Gasteiger partial charge in [0, 0.05) is 12.6 Å². The van der Waals surface area contributed by atoms with Crippen molar-refractivity contribution in [2.45, 2.75) is 23.6 Å². The fraction of sp³-hybridized carbons (Fsp3) is 0.368. The van der Waals surface area contributed by atoms with Crippen LogP contribution in [0, 0.1) is 0 Å². The predicted molar refractivity (Wildman–Crippen MR) is 119 cm³/mol. The predicted octanol–water partition coefficient (Wildman–Crippen LogP) is 4.45. The van der Waals surface area contributed by atoms with Crippen molar-refractivity contribution in [3.8, 4) is 17.2 Å². The summed E-state index contributed by atoms with van der Waals surface area (Å²) < 4.78 is 84.3. The molecule has 1 fully saturated rings. The summed E-state index contributed by atoms with van der Waals surface area (Å²) in [5, 5.41) is 3.01. The summed E-state index contributed by atoms with van der Waals surface area (Å²) in [7, 11) is -1.42. The standard InChI is InChI=1S/C19H20BrF3N2O5S.ClH/c1-28-14-5-6-16(17(20)18(14)29-2)31(26,27)25-11-3-4-13(19(21,22)23)15(9-11)30-12-7-8-24-10-12;/h3-6,9,12,24-25H,7-8,10H2,1-2H3;1H/t12-;/m1./s1. The molecule has 1 heterocycles. The van der Waals surface area contributed by atoms with E-state index in [1.807, 2.05) is 0 Å². The highest BCUT2D eigenvalue weighted by Crippen LogP contribution is 2.41. The molecule has 1 saturated heterocycles. The van der Waals surface area contributed by atoms with Gasteiger partial charge in [0.15, 0.2) is 11.5 Å². The Kier molecular flexibility index (Phi) is 8.54. The third-order valence-corrected chi connectivity index (χ3v) is 7.06. The second-order valence-corrected chi connectivity index (χ2v) is 9.10. The van der Waals surface area contributed by atoms with Gasteiger partial charge in [0.2, 0.25) is 0 Å². The van der Waals surface area contributed by atoms with E-state index in [0.717, 1.165) is 18.2 Å². The van der Waals surface area contributed by atoms with Gasteiger partial charge in [0.25, 0.3) is 10.0 Å². The molecule has 1 atom stereocenters. The van der Waals surface area contributed by atoms with Crippen LogP contribution in [0.5, 0.6) is 17.2 Å². The van der Waals surface area contributed by atoms with Crippen LogP contribution in [0.25, 0.3) is 0 Å². The topological polar surface area (TPSA) is 85.9 Å². The molecule has 3 rings (SSSR count). The first kappa shape index (κ1) is 26.4. The van der Waals surface area contributed by atoms with Crippen LogP contribution in [0.4, 0.5) is 18.9 Å². The highest BCUT2D eigenvalue weighted by atomic mass is 79.9. The van der Waals surface area contributed by atoms with Crippen molar-refractivity contribution in [2.75, 3.05) is 32.0 Å². The third-order valence-electron chi connectivity index (χ3n) is 4.59. The molecule has 0 bridgehead atoms. The van der Waals surface area contributed by atoms with E-state index in [-0.39, 0.29) is 33.2 Å². The highest BCUT2D eigenvalue weighted by Gasteiger charge is 2.36. The van der Waals surface area contributed by atoms with Crippen molar-refractivity contribution in [3.63, 3.8) is 0 Å². The summed E-state index contributed by atoms with van der Waals surface area (Å²) in [5.41, 5.74) is -1.05. The van der Waals surface area contributed by atoms with Gasteiger partial charge in [-0.2, -0.15) is 13.2 Å². The second-order valence-electron chi connectivity index (χ2n) is 6.66. The molecule has 32 heavy (non-hydrogen) atoms. The van der Waals surface area contributed by atoms with E-state index in [0.29, 0.717) is 25.3 Å². The molecule has 7 nitrogen and oxygen atoms in total. The van der Waals surface area contributed by atoms with E-state index in [9.17, 15) is 21.6 Å². The normalized spacial score (nSPS) is 16.2. The summed E-state index contributed by atoms with van der Waals surface area (Å²) in [6, 6.07) is 5.56.